The van der Waals surface area contributed by atoms with E-state index in [4.69, 9.17) is 4.74 Å². The number of pyridine rings is 1. The van der Waals surface area contributed by atoms with Crippen LogP contribution in [0.4, 0.5) is 0 Å². The standard InChI is InChI=1S/C15H18N4O2/c20-15(12-21-14-5-1-6-16-10-14)19-9-2-4-13(19)11-18-8-3-7-17-18/h1,3,5-8,10,13H,2,4,9,11-12H2. The summed E-state index contributed by atoms with van der Waals surface area (Å²) in [5.74, 6) is 0.641. The minimum atomic E-state index is 0.0218. The molecule has 6 nitrogen and oxygen atoms in total. The molecular formula is C15H18N4O2. The van der Waals surface area contributed by atoms with E-state index in [-0.39, 0.29) is 18.6 Å². The predicted molar refractivity (Wildman–Crippen MR) is 76.7 cm³/mol. The van der Waals surface area contributed by atoms with Crippen molar-refractivity contribution < 1.29 is 9.53 Å². The first-order chi connectivity index (χ1) is 10.3. The number of hydrogen-bond donors (Lipinski definition) is 0. The first-order valence-corrected chi connectivity index (χ1v) is 7.12. The Hall–Kier alpha value is -2.37. The molecule has 0 aliphatic carbocycles. The number of nitrogens with zero attached hydrogens (tertiary/aromatic N) is 4. The Morgan fingerprint density at radius 1 is 1.38 bits per heavy atom. The second-order valence-corrected chi connectivity index (χ2v) is 5.09. The highest BCUT2D eigenvalue weighted by atomic mass is 16.5. The molecule has 1 amide bonds. The zero-order chi connectivity index (χ0) is 14.5. The molecule has 1 unspecified atom stereocenters. The molecular weight excluding hydrogens is 268 g/mol. The summed E-state index contributed by atoms with van der Waals surface area (Å²) in [5.41, 5.74) is 0. The van der Waals surface area contributed by atoms with E-state index in [0.29, 0.717) is 5.75 Å². The van der Waals surface area contributed by atoms with Gasteiger partial charge in [0.2, 0.25) is 0 Å². The van der Waals surface area contributed by atoms with E-state index in [2.05, 4.69) is 10.1 Å². The topological polar surface area (TPSA) is 60.2 Å². The van der Waals surface area contributed by atoms with Gasteiger partial charge in [0, 0.05) is 25.1 Å². The molecule has 3 heterocycles. The molecule has 0 radical (unpaired) electrons. The second kappa shape index (κ2) is 6.39. The van der Waals surface area contributed by atoms with Crippen LogP contribution in [-0.2, 0) is 11.3 Å². The van der Waals surface area contributed by atoms with E-state index >= 15 is 0 Å². The highest BCUT2D eigenvalue weighted by Gasteiger charge is 2.29. The smallest absolute Gasteiger partial charge is 0.260 e. The Balaban J connectivity index is 1.55. The van der Waals surface area contributed by atoms with Gasteiger partial charge in [-0.25, -0.2) is 0 Å². The Morgan fingerprint density at radius 3 is 3.10 bits per heavy atom. The van der Waals surface area contributed by atoms with Crippen LogP contribution < -0.4 is 4.74 Å². The SMILES string of the molecule is O=C(COc1cccnc1)N1CCCC1Cn1cccn1. The maximum Gasteiger partial charge on any atom is 0.260 e. The van der Waals surface area contributed by atoms with Gasteiger partial charge in [-0.15, -0.1) is 0 Å². The Labute approximate surface area is 123 Å². The van der Waals surface area contributed by atoms with Crippen molar-refractivity contribution in [1.29, 1.82) is 0 Å². The highest BCUT2D eigenvalue weighted by Crippen LogP contribution is 2.19. The molecule has 1 saturated heterocycles. The van der Waals surface area contributed by atoms with Crippen molar-refractivity contribution >= 4 is 5.91 Å². The number of hydrogen-bond acceptors (Lipinski definition) is 4. The summed E-state index contributed by atoms with van der Waals surface area (Å²) < 4.78 is 7.36. The van der Waals surface area contributed by atoms with Crippen LogP contribution in [0, 0.1) is 0 Å². The van der Waals surface area contributed by atoms with Crippen molar-refractivity contribution in [3.8, 4) is 5.75 Å². The average molecular weight is 286 g/mol. The maximum atomic E-state index is 12.3. The third-order valence-corrected chi connectivity index (χ3v) is 3.65. The van der Waals surface area contributed by atoms with Gasteiger partial charge >= 0.3 is 0 Å². The molecule has 1 aliphatic rings. The molecule has 2 aromatic heterocycles. The summed E-state index contributed by atoms with van der Waals surface area (Å²) in [5, 5.41) is 4.21. The first-order valence-electron chi connectivity index (χ1n) is 7.12. The molecule has 3 rings (SSSR count). The molecule has 0 aromatic carbocycles. The number of rotatable bonds is 5. The Kier molecular flexibility index (Phi) is 4.14. The van der Waals surface area contributed by atoms with E-state index in [1.165, 1.54) is 0 Å². The molecule has 1 fully saturated rings. The lowest BCUT2D eigenvalue weighted by atomic mass is 10.2. The summed E-state index contributed by atoms with van der Waals surface area (Å²) in [6, 6.07) is 5.68. The van der Waals surface area contributed by atoms with Gasteiger partial charge in [-0.1, -0.05) is 0 Å². The lowest BCUT2D eigenvalue weighted by Gasteiger charge is -2.24. The third-order valence-electron chi connectivity index (χ3n) is 3.65. The number of likely N-dealkylation sites (tertiary alicyclic amines) is 1. The van der Waals surface area contributed by atoms with Crippen LogP contribution in [0.25, 0.3) is 0 Å². The molecule has 1 aliphatic heterocycles. The fraction of sp³-hybridized carbons (Fsp3) is 0.400. The minimum absolute atomic E-state index is 0.0218. The van der Waals surface area contributed by atoms with Crippen LogP contribution >= 0.6 is 0 Å². The van der Waals surface area contributed by atoms with Crippen molar-refractivity contribution in [1.82, 2.24) is 19.7 Å². The number of aromatic nitrogens is 3. The van der Waals surface area contributed by atoms with Crippen LogP contribution in [0.15, 0.2) is 43.0 Å². The minimum Gasteiger partial charge on any atom is -0.482 e. The zero-order valence-electron chi connectivity index (χ0n) is 11.8. The second-order valence-electron chi connectivity index (χ2n) is 5.09. The van der Waals surface area contributed by atoms with Gasteiger partial charge in [0.25, 0.3) is 5.91 Å². The maximum absolute atomic E-state index is 12.3. The lowest BCUT2D eigenvalue weighted by molar-refractivity contribution is -0.134. The molecule has 0 N–H and O–H groups in total. The fourth-order valence-corrected chi connectivity index (χ4v) is 2.64. The van der Waals surface area contributed by atoms with Gasteiger partial charge in [-0.3, -0.25) is 14.5 Å². The Bertz CT molecular complexity index is 571. The Morgan fingerprint density at radius 2 is 2.33 bits per heavy atom. The van der Waals surface area contributed by atoms with Crippen LogP contribution in [0.5, 0.6) is 5.75 Å². The predicted octanol–water partition coefficient (Wildman–Crippen LogP) is 1.35. The van der Waals surface area contributed by atoms with Crippen molar-refractivity contribution in [2.75, 3.05) is 13.2 Å². The molecule has 21 heavy (non-hydrogen) atoms. The third kappa shape index (κ3) is 3.39. The number of amides is 1. The fourth-order valence-electron chi connectivity index (χ4n) is 2.64. The van der Waals surface area contributed by atoms with E-state index < -0.39 is 0 Å². The van der Waals surface area contributed by atoms with Crippen molar-refractivity contribution in [3.63, 3.8) is 0 Å². The van der Waals surface area contributed by atoms with Crippen LogP contribution in [0.3, 0.4) is 0 Å². The van der Waals surface area contributed by atoms with Crippen LogP contribution in [0.2, 0.25) is 0 Å². The summed E-state index contributed by atoms with van der Waals surface area (Å²) in [6.07, 6.45) is 9.01. The van der Waals surface area contributed by atoms with Gasteiger partial charge < -0.3 is 9.64 Å². The largest absolute Gasteiger partial charge is 0.482 e. The average Bonchev–Trinajstić information content (AvgIpc) is 3.18. The molecule has 6 heteroatoms. The molecule has 110 valence electrons. The zero-order valence-corrected chi connectivity index (χ0v) is 11.8. The summed E-state index contributed by atoms with van der Waals surface area (Å²) in [4.78, 5) is 18.2. The van der Waals surface area contributed by atoms with Crippen LogP contribution in [0.1, 0.15) is 12.8 Å². The molecule has 2 aromatic rings. The van der Waals surface area contributed by atoms with Gasteiger partial charge in [-0.05, 0) is 31.0 Å². The quantitative estimate of drug-likeness (QED) is 0.832. The van der Waals surface area contributed by atoms with Crippen molar-refractivity contribution in [3.05, 3.63) is 43.0 Å². The number of carbonyl (C=O) groups is 1. The van der Waals surface area contributed by atoms with E-state index in [1.54, 1.807) is 30.7 Å². The summed E-state index contributed by atoms with van der Waals surface area (Å²) >= 11 is 0. The van der Waals surface area contributed by atoms with Crippen molar-refractivity contribution in [2.24, 2.45) is 0 Å². The van der Waals surface area contributed by atoms with Gasteiger partial charge in [0.1, 0.15) is 5.75 Å². The van der Waals surface area contributed by atoms with Gasteiger partial charge in [-0.2, -0.15) is 5.10 Å². The molecule has 0 saturated carbocycles. The first kappa shape index (κ1) is 13.6. The molecule has 0 spiro atoms. The van der Waals surface area contributed by atoms with Crippen molar-refractivity contribution in [2.45, 2.75) is 25.4 Å². The molecule has 1 atom stereocenters. The van der Waals surface area contributed by atoms with E-state index in [1.807, 2.05) is 21.8 Å². The molecule has 0 bridgehead atoms. The summed E-state index contributed by atoms with van der Waals surface area (Å²) in [6.45, 7) is 1.59. The van der Waals surface area contributed by atoms with Gasteiger partial charge in [0.15, 0.2) is 6.61 Å². The normalized spacial score (nSPS) is 17.9. The number of carbonyl (C=O) groups excluding carboxylic acids is 1. The van der Waals surface area contributed by atoms with Gasteiger partial charge in [0.05, 0.1) is 18.8 Å². The number of ether oxygens (including phenoxy) is 1. The van der Waals surface area contributed by atoms with E-state index in [9.17, 15) is 4.79 Å². The van der Waals surface area contributed by atoms with Crippen LogP contribution in [-0.4, -0.2) is 44.8 Å². The van der Waals surface area contributed by atoms with E-state index in [0.717, 1.165) is 25.9 Å². The highest BCUT2D eigenvalue weighted by molar-refractivity contribution is 5.78. The lowest BCUT2D eigenvalue weighted by Crippen LogP contribution is -2.40. The summed E-state index contributed by atoms with van der Waals surface area (Å²) in [7, 11) is 0. The monoisotopic (exact) mass is 286 g/mol.